The minimum Gasteiger partial charge on any atom is -0.324 e. The molecule has 0 unspecified atom stereocenters. The summed E-state index contributed by atoms with van der Waals surface area (Å²) in [6.07, 6.45) is 0. The summed E-state index contributed by atoms with van der Waals surface area (Å²) in [5.74, 6) is -0.135. The zero-order valence-corrected chi connectivity index (χ0v) is 29.1. The van der Waals surface area contributed by atoms with Crippen LogP contribution in [0.4, 0.5) is 27.7 Å². The number of sulfonamides is 2. The smallest absolute Gasteiger partial charge is 0.240 e. The lowest BCUT2D eigenvalue weighted by molar-refractivity contribution is 0.586. The zero-order valence-electron chi connectivity index (χ0n) is 27.4. The van der Waals surface area contributed by atoms with Crippen molar-refractivity contribution in [1.82, 2.24) is 19.4 Å². The van der Waals surface area contributed by atoms with Crippen LogP contribution >= 0.6 is 0 Å². The zero-order chi connectivity index (χ0) is 35.9. The normalized spacial score (nSPS) is 12.4. The van der Waals surface area contributed by atoms with E-state index >= 15 is 4.39 Å². The Bertz CT molecular complexity index is 2150. The predicted molar refractivity (Wildman–Crippen MR) is 194 cm³/mol. The van der Waals surface area contributed by atoms with Crippen molar-refractivity contribution in [3.05, 3.63) is 120 Å². The van der Waals surface area contributed by atoms with E-state index in [-0.39, 0.29) is 38.5 Å². The minimum absolute atomic E-state index is 0.101. The average Bonchev–Trinajstić information content (AvgIpc) is 3.13. The SMILES string of the molecule is CNS(=O)(=O)c1ccc(/C(C)=N/Nc2nc(Nc3ccccc3)nc(N/N=C(\C)c3ccc(S(=O)(=O)NC)cc3)c2-c2ccccc2F)cc1. The van der Waals surface area contributed by atoms with Crippen molar-refractivity contribution < 1.29 is 21.2 Å². The number of hydrogen-bond donors (Lipinski definition) is 5. The van der Waals surface area contributed by atoms with E-state index in [0.717, 1.165) is 0 Å². The third kappa shape index (κ3) is 8.35. The number of aromatic nitrogens is 2. The van der Waals surface area contributed by atoms with Gasteiger partial charge in [-0.2, -0.15) is 20.2 Å². The van der Waals surface area contributed by atoms with Crippen molar-refractivity contribution in [2.24, 2.45) is 10.2 Å². The Hall–Kier alpha value is -5.55. The van der Waals surface area contributed by atoms with E-state index in [4.69, 9.17) is 0 Å². The summed E-state index contributed by atoms with van der Waals surface area (Å²) in [5.41, 5.74) is 9.21. The quantitative estimate of drug-likeness (QED) is 0.0776. The number of anilines is 4. The second-order valence-corrected chi connectivity index (χ2v) is 14.4. The van der Waals surface area contributed by atoms with Crippen molar-refractivity contribution in [1.29, 1.82) is 0 Å². The molecule has 0 atom stereocenters. The molecule has 258 valence electrons. The molecule has 5 aromatic rings. The van der Waals surface area contributed by atoms with Gasteiger partial charge in [0.1, 0.15) is 5.82 Å². The largest absolute Gasteiger partial charge is 0.324 e. The summed E-state index contributed by atoms with van der Waals surface area (Å²) in [7, 11) is -4.57. The molecule has 0 bridgehead atoms. The number of nitrogens with one attached hydrogen (secondary N) is 5. The lowest BCUT2D eigenvalue weighted by atomic mass is 10.1. The Labute approximate surface area is 289 Å². The molecule has 1 heterocycles. The molecule has 0 aliphatic heterocycles. The first kappa shape index (κ1) is 35.7. The van der Waals surface area contributed by atoms with Crippen LogP contribution in [0.25, 0.3) is 11.1 Å². The number of halogens is 1. The highest BCUT2D eigenvalue weighted by Gasteiger charge is 2.20. The van der Waals surface area contributed by atoms with Crippen LogP contribution < -0.4 is 25.6 Å². The van der Waals surface area contributed by atoms with Gasteiger partial charge >= 0.3 is 0 Å². The summed E-state index contributed by atoms with van der Waals surface area (Å²) in [5, 5.41) is 12.2. The molecule has 0 aliphatic carbocycles. The van der Waals surface area contributed by atoms with E-state index in [1.165, 1.54) is 44.4 Å². The van der Waals surface area contributed by atoms with E-state index in [9.17, 15) is 16.8 Å². The number of rotatable bonds is 13. The molecule has 0 amide bonds. The highest BCUT2D eigenvalue weighted by atomic mass is 32.2. The van der Waals surface area contributed by atoms with Crippen molar-refractivity contribution in [2.45, 2.75) is 23.6 Å². The fraction of sp³-hybridized carbons (Fsp3) is 0.118. The summed E-state index contributed by atoms with van der Waals surface area (Å²) in [6, 6.07) is 27.7. The van der Waals surface area contributed by atoms with E-state index in [2.05, 4.69) is 45.8 Å². The van der Waals surface area contributed by atoms with Gasteiger partial charge < -0.3 is 5.32 Å². The standard InChI is InChI=1S/C34H34FN9O4S2/c1-22(24-14-18-27(19-15-24)49(45,46)36-3)41-43-32-31(29-12-8-9-13-30(29)35)33(40-34(39-32)38-26-10-6-5-7-11-26)44-42-23(2)25-16-20-28(21-17-25)50(47,48)37-4/h5-21,36-37H,1-4H3,(H3,38,39,40,43,44)/b41-22+,42-23+. The third-order valence-electron chi connectivity index (χ3n) is 7.44. The Balaban J connectivity index is 1.58. The number of nitrogens with zero attached hydrogens (tertiary/aromatic N) is 4. The first-order valence-corrected chi connectivity index (χ1v) is 18.1. The van der Waals surface area contributed by atoms with Crippen molar-refractivity contribution in [3.63, 3.8) is 0 Å². The van der Waals surface area contributed by atoms with Gasteiger partial charge in [-0.15, -0.1) is 0 Å². The van der Waals surface area contributed by atoms with Crippen molar-refractivity contribution in [3.8, 4) is 11.1 Å². The molecule has 1 aromatic heterocycles. The predicted octanol–water partition coefficient (Wildman–Crippen LogP) is 5.51. The van der Waals surface area contributed by atoms with Crippen LogP contribution in [-0.2, 0) is 20.0 Å². The van der Waals surface area contributed by atoms with Gasteiger partial charge in [0.05, 0.1) is 26.8 Å². The first-order chi connectivity index (χ1) is 23.9. The van der Waals surface area contributed by atoms with Gasteiger partial charge in [-0.25, -0.2) is 30.7 Å². The fourth-order valence-electron chi connectivity index (χ4n) is 4.64. The molecule has 13 nitrogen and oxygen atoms in total. The summed E-state index contributed by atoms with van der Waals surface area (Å²) >= 11 is 0. The average molecular weight is 716 g/mol. The molecule has 0 spiro atoms. The second kappa shape index (κ2) is 15.3. The van der Waals surface area contributed by atoms with Gasteiger partial charge in [0.15, 0.2) is 11.6 Å². The topological polar surface area (TPSA) is 179 Å². The highest BCUT2D eigenvalue weighted by Crippen LogP contribution is 2.36. The highest BCUT2D eigenvalue weighted by molar-refractivity contribution is 7.89. The van der Waals surface area contributed by atoms with Gasteiger partial charge in [0.25, 0.3) is 0 Å². The van der Waals surface area contributed by atoms with Crippen LogP contribution in [0.2, 0.25) is 0 Å². The van der Waals surface area contributed by atoms with Crippen LogP contribution in [0, 0.1) is 5.82 Å². The maximum atomic E-state index is 15.4. The molecule has 50 heavy (non-hydrogen) atoms. The molecule has 0 radical (unpaired) electrons. The lowest BCUT2D eigenvalue weighted by Gasteiger charge is -2.17. The molecular weight excluding hydrogens is 682 g/mol. The Kier molecular flexibility index (Phi) is 11.0. The molecule has 0 saturated heterocycles. The Morgan fingerprint density at radius 2 is 1.06 bits per heavy atom. The number of para-hydroxylation sites is 1. The van der Waals surface area contributed by atoms with Crippen LogP contribution in [-0.4, -0.2) is 52.3 Å². The maximum Gasteiger partial charge on any atom is 0.240 e. The van der Waals surface area contributed by atoms with Gasteiger partial charge in [-0.05, 0) is 81.5 Å². The van der Waals surface area contributed by atoms with Crippen LogP contribution in [0.5, 0.6) is 0 Å². The van der Waals surface area contributed by atoms with E-state index in [1.807, 2.05) is 30.3 Å². The fourth-order valence-corrected chi connectivity index (χ4v) is 6.10. The van der Waals surface area contributed by atoms with Crippen LogP contribution in [0.3, 0.4) is 0 Å². The van der Waals surface area contributed by atoms with E-state index in [1.54, 1.807) is 56.3 Å². The number of hydrazone groups is 2. The maximum absolute atomic E-state index is 15.4. The molecule has 5 N–H and O–H groups in total. The first-order valence-electron chi connectivity index (χ1n) is 15.1. The van der Waals surface area contributed by atoms with Crippen LogP contribution in [0.1, 0.15) is 25.0 Å². The Morgan fingerprint density at radius 3 is 1.50 bits per heavy atom. The summed E-state index contributed by atoms with van der Waals surface area (Å²) in [6.45, 7) is 3.45. The molecule has 0 saturated carbocycles. The van der Waals surface area contributed by atoms with E-state index < -0.39 is 25.9 Å². The minimum atomic E-state index is -3.62. The van der Waals surface area contributed by atoms with Gasteiger partial charge in [0, 0.05) is 11.3 Å². The lowest BCUT2D eigenvalue weighted by Crippen LogP contribution is -2.18. The van der Waals surface area contributed by atoms with E-state index in [0.29, 0.717) is 28.2 Å². The van der Waals surface area contributed by atoms with Crippen LogP contribution in [0.15, 0.2) is 123 Å². The van der Waals surface area contributed by atoms with Gasteiger partial charge in [-0.1, -0.05) is 60.7 Å². The summed E-state index contributed by atoms with van der Waals surface area (Å²) in [4.78, 5) is 9.50. The molecule has 0 aliphatic rings. The van der Waals surface area contributed by atoms with Crippen molar-refractivity contribution >= 4 is 54.7 Å². The molecule has 5 rings (SSSR count). The Morgan fingerprint density at radius 1 is 0.620 bits per heavy atom. The number of benzene rings is 4. The second-order valence-electron chi connectivity index (χ2n) is 10.7. The van der Waals surface area contributed by atoms with Crippen molar-refractivity contribution in [2.75, 3.05) is 30.3 Å². The molecular formula is C34H34FN9O4S2. The molecule has 0 fully saturated rings. The van der Waals surface area contributed by atoms with Gasteiger partial charge in [-0.3, -0.25) is 10.9 Å². The molecule has 16 heteroatoms. The monoisotopic (exact) mass is 715 g/mol. The molecule has 4 aromatic carbocycles. The third-order valence-corrected chi connectivity index (χ3v) is 10.3. The van der Waals surface area contributed by atoms with Gasteiger partial charge in [0.2, 0.25) is 26.0 Å². The number of hydrogen-bond acceptors (Lipinski definition) is 11. The summed E-state index contributed by atoms with van der Waals surface area (Å²) < 4.78 is 68.7.